The molecular weight excluding hydrogens is 212 g/mol. The maximum atomic E-state index is 4.19. The number of aromatic nitrogens is 2. The molecule has 0 aliphatic carbocycles. The molecule has 0 spiro atoms. The third-order valence-electron chi connectivity index (χ3n) is 2.90. The van der Waals surface area contributed by atoms with Crippen LogP contribution < -0.4 is 5.32 Å². The standard InChI is InChI=1S/C13H26N4/c1-5-17(9-7-14-12(2)3)8-6-13-10-15-16(4)11-13/h10-12,14H,5-9H2,1-4H3. The van der Waals surface area contributed by atoms with Crippen molar-refractivity contribution in [1.82, 2.24) is 20.0 Å². The van der Waals surface area contributed by atoms with E-state index in [1.54, 1.807) is 0 Å². The van der Waals surface area contributed by atoms with E-state index in [4.69, 9.17) is 0 Å². The van der Waals surface area contributed by atoms with E-state index in [0.29, 0.717) is 6.04 Å². The lowest BCUT2D eigenvalue weighted by atomic mass is 10.2. The van der Waals surface area contributed by atoms with Crippen LogP contribution in [0.5, 0.6) is 0 Å². The maximum Gasteiger partial charge on any atom is 0.0522 e. The van der Waals surface area contributed by atoms with E-state index in [9.17, 15) is 0 Å². The fourth-order valence-corrected chi connectivity index (χ4v) is 1.83. The highest BCUT2D eigenvalue weighted by Crippen LogP contribution is 1.99. The van der Waals surface area contributed by atoms with Gasteiger partial charge in [0.05, 0.1) is 6.20 Å². The summed E-state index contributed by atoms with van der Waals surface area (Å²) < 4.78 is 1.87. The highest BCUT2D eigenvalue weighted by molar-refractivity contribution is 5.03. The van der Waals surface area contributed by atoms with Crippen LogP contribution in [0.3, 0.4) is 0 Å². The fraction of sp³-hybridized carbons (Fsp3) is 0.769. The van der Waals surface area contributed by atoms with Gasteiger partial charge in [0, 0.05) is 38.9 Å². The number of aryl methyl sites for hydroxylation is 1. The highest BCUT2D eigenvalue weighted by atomic mass is 15.2. The molecule has 0 fully saturated rings. The van der Waals surface area contributed by atoms with Gasteiger partial charge in [0.2, 0.25) is 0 Å². The second kappa shape index (κ2) is 7.45. The Hall–Kier alpha value is -0.870. The van der Waals surface area contributed by atoms with Crippen molar-refractivity contribution in [3.63, 3.8) is 0 Å². The van der Waals surface area contributed by atoms with Gasteiger partial charge in [-0.25, -0.2) is 0 Å². The van der Waals surface area contributed by atoms with E-state index >= 15 is 0 Å². The third-order valence-corrected chi connectivity index (χ3v) is 2.90. The SMILES string of the molecule is CCN(CCNC(C)C)CCc1cnn(C)c1. The number of hydrogen-bond acceptors (Lipinski definition) is 3. The fourth-order valence-electron chi connectivity index (χ4n) is 1.83. The first-order chi connectivity index (χ1) is 8.11. The second-order valence-corrected chi connectivity index (χ2v) is 4.82. The Balaban J connectivity index is 2.22. The van der Waals surface area contributed by atoms with Crippen LogP contribution in [-0.4, -0.2) is 46.9 Å². The van der Waals surface area contributed by atoms with E-state index in [-0.39, 0.29) is 0 Å². The van der Waals surface area contributed by atoms with Gasteiger partial charge < -0.3 is 10.2 Å². The minimum absolute atomic E-state index is 0.576. The molecule has 4 heteroatoms. The minimum Gasteiger partial charge on any atom is -0.313 e. The molecule has 0 aromatic carbocycles. The predicted octanol–water partition coefficient (Wildman–Crippen LogP) is 1.28. The lowest BCUT2D eigenvalue weighted by molar-refractivity contribution is 0.287. The van der Waals surface area contributed by atoms with Crippen LogP contribution >= 0.6 is 0 Å². The molecule has 1 heterocycles. The summed E-state index contributed by atoms with van der Waals surface area (Å²) in [4.78, 5) is 2.47. The lowest BCUT2D eigenvalue weighted by Gasteiger charge is -2.21. The summed E-state index contributed by atoms with van der Waals surface area (Å²) in [5.74, 6) is 0. The van der Waals surface area contributed by atoms with Gasteiger partial charge in [-0.3, -0.25) is 4.68 Å². The largest absolute Gasteiger partial charge is 0.313 e. The molecule has 0 radical (unpaired) electrons. The van der Waals surface area contributed by atoms with Crippen molar-refractivity contribution in [2.75, 3.05) is 26.2 Å². The molecule has 0 saturated carbocycles. The summed E-state index contributed by atoms with van der Waals surface area (Å²) >= 11 is 0. The van der Waals surface area contributed by atoms with Crippen LogP contribution in [-0.2, 0) is 13.5 Å². The molecule has 0 bridgehead atoms. The average molecular weight is 238 g/mol. The van der Waals surface area contributed by atoms with Crippen LogP contribution in [0.4, 0.5) is 0 Å². The lowest BCUT2D eigenvalue weighted by Crippen LogP contribution is -2.35. The Kier molecular flexibility index (Phi) is 6.22. The van der Waals surface area contributed by atoms with Crippen molar-refractivity contribution in [3.05, 3.63) is 18.0 Å². The second-order valence-electron chi connectivity index (χ2n) is 4.82. The number of likely N-dealkylation sites (N-methyl/N-ethyl adjacent to an activating group) is 1. The van der Waals surface area contributed by atoms with E-state index in [1.165, 1.54) is 5.56 Å². The van der Waals surface area contributed by atoms with Gasteiger partial charge in [-0.2, -0.15) is 5.10 Å². The molecule has 0 aliphatic heterocycles. The summed E-state index contributed by atoms with van der Waals surface area (Å²) in [7, 11) is 1.97. The maximum absolute atomic E-state index is 4.19. The van der Waals surface area contributed by atoms with Crippen molar-refractivity contribution in [2.45, 2.75) is 33.2 Å². The number of hydrogen-bond donors (Lipinski definition) is 1. The molecule has 98 valence electrons. The zero-order valence-corrected chi connectivity index (χ0v) is 11.6. The van der Waals surface area contributed by atoms with E-state index in [2.05, 4.69) is 42.3 Å². The van der Waals surface area contributed by atoms with Gasteiger partial charge in [-0.15, -0.1) is 0 Å². The van der Waals surface area contributed by atoms with Gasteiger partial charge in [0.1, 0.15) is 0 Å². The van der Waals surface area contributed by atoms with Crippen LogP contribution in [0, 0.1) is 0 Å². The monoisotopic (exact) mass is 238 g/mol. The molecule has 17 heavy (non-hydrogen) atoms. The van der Waals surface area contributed by atoms with Crippen LogP contribution in [0.25, 0.3) is 0 Å². The van der Waals surface area contributed by atoms with E-state index in [0.717, 1.165) is 32.6 Å². The van der Waals surface area contributed by atoms with Crippen molar-refractivity contribution in [3.8, 4) is 0 Å². The Bertz CT molecular complexity index is 306. The number of rotatable bonds is 8. The van der Waals surface area contributed by atoms with Gasteiger partial charge >= 0.3 is 0 Å². The minimum atomic E-state index is 0.576. The summed E-state index contributed by atoms with van der Waals surface area (Å²) in [6.45, 7) is 11.0. The third kappa shape index (κ3) is 5.84. The Labute approximate surface area is 105 Å². The van der Waals surface area contributed by atoms with Crippen LogP contribution in [0.1, 0.15) is 26.3 Å². The first kappa shape index (κ1) is 14.2. The normalized spacial score (nSPS) is 11.6. The van der Waals surface area contributed by atoms with E-state index < -0.39 is 0 Å². The van der Waals surface area contributed by atoms with Gasteiger partial charge in [0.15, 0.2) is 0 Å². The first-order valence-electron chi connectivity index (χ1n) is 6.55. The predicted molar refractivity (Wildman–Crippen MR) is 72.2 cm³/mol. The average Bonchev–Trinajstić information content (AvgIpc) is 2.69. The molecule has 4 nitrogen and oxygen atoms in total. The Morgan fingerprint density at radius 3 is 2.71 bits per heavy atom. The zero-order chi connectivity index (χ0) is 12.7. The molecule has 0 saturated heterocycles. The summed E-state index contributed by atoms with van der Waals surface area (Å²) in [6.07, 6.45) is 5.14. The van der Waals surface area contributed by atoms with Crippen molar-refractivity contribution in [1.29, 1.82) is 0 Å². The molecule has 1 aromatic heterocycles. The molecule has 0 atom stereocenters. The summed E-state index contributed by atoms with van der Waals surface area (Å²) in [5.41, 5.74) is 1.32. The topological polar surface area (TPSA) is 33.1 Å². The molecule has 0 unspecified atom stereocenters. The highest BCUT2D eigenvalue weighted by Gasteiger charge is 2.04. The summed E-state index contributed by atoms with van der Waals surface area (Å²) in [6, 6.07) is 0.576. The zero-order valence-electron chi connectivity index (χ0n) is 11.6. The van der Waals surface area contributed by atoms with Crippen LogP contribution in [0.15, 0.2) is 12.4 Å². The molecule has 1 rings (SSSR count). The Morgan fingerprint density at radius 2 is 2.18 bits per heavy atom. The first-order valence-corrected chi connectivity index (χ1v) is 6.55. The van der Waals surface area contributed by atoms with E-state index in [1.807, 2.05) is 17.9 Å². The molecular formula is C13H26N4. The van der Waals surface area contributed by atoms with Gasteiger partial charge in [-0.1, -0.05) is 20.8 Å². The van der Waals surface area contributed by atoms with Gasteiger partial charge in [-0.05, 0) is 18.5 Å². The van der Waals surface area contributed by atoms with Crippen LogP contribution in [0.2, 0.25) is 0 Å². The molecule has 0 aliphatic rings. The molecule has 1 aromatic rings. The van der Waals surface area contributed by atoms with Crippen molar-refractivity contribution in [2.24, 2.45) is 7.05 Å². The molecule has 1 N–H and O–H groups in total. The Morgan fingerprint density at radius 1 is 1.41 bits per heavy atom. The molecule has 0 amide bonds. The number of nitrogens with one attached hydrogen (secondary N) is 1. The van der Waals surface area contributed by atoms with Crippen molar-refractivity contribution < 1.29 is 0 Å². The number of nitrogens with zero attached hydrogens (tertiary/aromatic N) is 3. The smallest absolute Gasteiger partial charge is 0.0522 e. The quantitative estimate of drug-likeness (QED) is 0.741. The summed E-state index contributed by atoms with van der Waals surface area (Å²) in [5, 5.41) is 7.65. The van der Waals surface area contributed by atoms with Crippen molar-refractivity contribution >= 4 is 0 Å². The van der Waals surface area contributed by atoms with Gasteiger partial charge in [0.25, 0.3) is 0 Å².